The first-order chi connectivity index (χ1) is 19.5. The van der Waals surface area contributed by atoms with E-state index in [9.17, 15) is 27.9 Å². The topological polar surface area (TPSA) is 151 Å². The summed E-state index contributed by atoms with van der Waals surface area (Å²) in [4.78, 5) is 41.4. The highest BCUT2D eigenvalue weighted by Gasteiger charge is 2.65. The number of halogens is 1. The number of rotatable bonds is 8. The van der Waals surface area contributed by atoms with E-state index in [1.165, 1.54) is 9.58 Å². The molecule has 2 fully saturated rings. The quantitative estimate of drug-likeness (QED) is 0.457. The van der Waals surface area contributed by atoms with Gasteiger partial charge in [0.05, 0.1) is 22.1 Å². The first-order valence-corrected chi connectivity index (χ1v) is 15.7. The van der Waals surface area contributed by atoms with Crippen molar-refractivity contribution in [1.29, 1.82) is 0 Å². The predicted molar refractivity (Wildman–Crippen MR) is 154 cm³/mol. The number of hydrogen-bond donors (Lipinski definition) is 2. The molecule has 1 aromatic heterocycles. The van der Waals surface area contributed by atoms with E-state index >= 15 is 0 Å². The van der Waals surface area contributed by atoms with E-state index in [0.29, 0.717) is 29.8 Å². The molecule has 3 heterocycles. The van der Waals surface area contributed by atoms with Crippen LogP contribution in [0.15, 0.2) is 24.3 Å². The van der Waals surface area contributed by atoms with Crippen molar-refractivity contribution in [2.75, 3.05) is 19.7 Å². The summed E-state index contributed by atoms with van der Waals surface area (Å²) in [5.74, 6) is -0.796. The Labute approximate surface area is 249 Å². The summed E-state index contributed by atoms with van der Waals surface area (Å²) in [7, 11) is -2.37. The van der Waals surface area contributed by atoms with Crippen LogP contribution in [0.25, 0.3) is 0 Å². The first kappa shape index (κ1) is 30.3. The molecule has 0 radical (unpaired) electrons. The van der Waals surface area contributed by atoms with E-state index in [2.05, 4.69) is 10.4 Å². The zero-order chi connectivity index (χ0) is 30.8. The second-order valence-electron chi connectivity index (χ2n) is 12.3. The van der Waals surface area contributed by atoms with E-state index in [-0.39, 0.29) is 43.5 Å². The van der Waals surface area contributed by atoms with Crippen LogP contribution in [0.2, 0.25) is 5.02 Å². The van der Waals surface area contributed by atoms with Gasteiger partial charge in [-0.15, -0.1) is 0 Å². The van der Waals surface area contributed by atoms with Crippen LogP contribution < -0.4 is 5.32 Å². The summed E-state index contributed by atoms with van der Waals surface area (Å²) < 4.78 is 32.8. The van der Waals surface area contributed by atoms with Crippen molar-refractivity contribution >= 4 is 39.3 Å². The minimum atomic E-state index is -3.96. The number of aryl methyl sites for hydroxylation is 1. The molecule has 12 nitrogen and oxygen atoms in total. The molecule has 1 aromatic carbocycles. The molecule has 0 unspecified atom stereocenters. The summed E-state index contributed by atoms with van der Waals surface area (Å²) in [5, 5.41) is 17.6. The molecular weight excluding hydrogens is 586 g/mol. The summed E-state index contributed by atoms with van der Waals surface area (Å²) in [5.41, 5.74) is 0.647. The highest BCUT2D eigenvalue weighted by molar-refractivity contribution is 7.94. The highest BCUT2D eigenvalue weighted by Crippen LogP contribution is 2.51. The average Bonchev–Trinajstić information content (AvgIpc) is 3.52. The number of benzene rings is 1. The summed E-state index contributed by atoms with van der Waals surface area (Å²) in [6.07, 6.45) is -0.180. The summed E-state index contributed by atoms with van der Waals surface area (Å²) in [6, 6.07) is 6.16. The Kier molecular flexibility index (Phi) is 7.38. The second-order valence-corrected chi connectivity index (χ2v) is 15.7. The van der Waals surface area contributed by atoms with Crippen LogP contribution in [0, 0.1) is 0 Å². The number of fused-ring (bicyclic) bond motifs is 1. The van der Waals surface area contributed by atoms with Crippen molar-refractivity contribution in [3.8, 4) is 0 Å². The Hall–Kier alpha value is -3.16. The Morgan fingerprint density at radius 1 is 1.21 bits per heavy atom. The van der Waals surface area contributed by atoms with Gasteiger partial charge >= 0.3 is 6.09 Å². The molecule has 0 spiro atoms. The second kappa shape index (κ2) is 10.2. The van der Waals surface area contributed by atoms with E-state index in [1.54, 1.807) is 59.0 Å². The smallest absolute Gasteiger partial charge is 0.409 e. The molecule has 2 aromatic rings. The molecule has 2 N–H and O–H groups in total. The standard InChI is InChI=1S/C28H36ClN5O7S/c1-26(2,20-15-41-27(3,4)34(20)25(37)38)42(39,40)28(11-12-28)16-33-13-10-19-21(31-32(5)22(19)24(33)36)23(35)30-14-17-6-8-18(29)9-7-17/h6-9,20H,10-16H2,1-5H3,(H,30,35)(H,37,38)/t20-/m1/s1. The van der Waals surface area contributed by atoms with Crippen LogP contribution in [-0.2, 0) is 34.6 Å². The van der Waals surface area contributed by atoms with Crippen molar-refractivity contribution in [1.82, 2.24) is 24.9 Å². The molecule has 3 aliphatic rings. The van der Waals surface area contributed by atoms with Gasteiger partial charge in [0.2, 0.25) is 0 Å². The lowest BCUT2D eigenvalue weighted by atomic mass is 10.0. The van der Waals surface area contributed by atoms with Gasteiger partial charge in [0, 0.05) is 37.3 Å². The number of nitrogens with zero attached hydrogens (tertiary/aromatic N) is 4. The highest BCUT2D eigenvalue weighted by atomic mass is 35.5. The zero-order valence-electron chi connectivity index (χ0n) is 24.3. The van der Waals surface area contributed by atoms with Crippen molar-refractivity contribution < 1.29 is 32.6 Å². The van der Waals surface area contributed by atoms with Gasteiger partial charge < -0.3 is 20.1 Å². The minimum Gasteiger partial charge on any atom is -0.465 e. The van der Waals surface area contributed by atoms with Crippen molar-refractivity contribution in [2.45, 2.75) is 74.8 Å². The maximum atomic E-state index is 14.2. The molecule has 2 aliphatic heterocycles. The maximum Gasteiger partial charge on any atom is 0.409 e. The molecule has 3 amide bonds. The van der Waals surface area contributed by atoms with Gasteiger partial charge in [-0.1, -0.05) is 23.7 Å². The summed E-state index contributed by atoms with van der Waals surface area (Å²) >= 11 is 5.93. The Morgan fingerprint density at radius 2 is 1.86 bits per heavy atom. The minimum absolute atomic E-state index is 0.0235. The maximum absolute atomic E-state index is 14.2. The molecule has 1 saturated heterocycles. The molecule has 1 aliphatic carbocycles. The lowest BCUT2D eigenvalue weighted by Crippen LogP contribution is -2.61. The van der Waals surface area contributed by atoms with Gasteiger partial charge in [0.15, 0.2) is 15.5 Å². The number of hydrogen-bond acceptors (Lipinski definition) is 7. The fourth-order valence-corrected chi connectivity index (χ4v) is 8.92. The third kappa shape index (κ3) is 4.84. The van der Waals surface area contributed by atoms with Gasteiger partial charge in [-0.05, 0) is 64.7 Å². The molecule has 1 atom stereocenters. The molecule has 0 bridgehead atoms. The largest absolute Gasteiger partial charge is 0.465 e. The van der Waals surface area contributed by atoms with Crippen LogP contribution in [0.4, 0.5) is 4.79 Å². The van der Waals surface area contributed by atoms with Gasteiger partial charge in [-0.2, -0.15) is 5.10 Å². The van der Waals surface area contributed by atoms with E-state index < -0.39 is 43.1 Å². The van der Waals surface area contributed by atoms with Crippen molar-refractivity contribution in [2.24, 2.45) is 7.05 Å². The van der Waals surface area contributed by atoms with Gasteiger partial charge in [0.25, 0.3) is 11.8 Å². The monoisotopic (exact) mass is 621 g/mol. The lowest BCUT2D eigenvalue weighted by molar-refractivity contribution is -0.0427. The number of amides is 3. The van der Waals surface area contributed by atoms with Crippen LogP contribution >= 0.6 is 11.6 Å². The SMILES string of the molecule is Cn1nc(C(=O)NCc2ccc(Cl)cc2)c2c1C(=O)N(CC1(S(=O)(=O)C(C)(C)[C@H]3COC(C)(C)N3C(=O)O)CC1)CC2. The van der Waals surface area contributed by atoms with E-state index in [4.69, 9.17) is 16.3 Å². The molecule has 42 heavy (non-hydrogen) atoms. The predicted octanol–water partition coefficient (Wildman–Crippen LogP) is 2.84. The van der Waals surface area contributed by atoms with Gasteiger partial charge in [-0.3, -0.25) is 19.2 Å². The number of nitrogens with one attached hydrogen (secondary N) is 1. The third-order valence-electron chi connectivity index (χ3n) is 8.89. The Balaban J connectivity index is 1.33. The van der Waals surface area contributed by atoms with E-state index in [1.807, 2.05) is 0 Å². The van der Waals surface area contributed by atoms with Crippen molar-refractivity contribution in [3.05, 3.63) is 51.8 Å². The number of aromatic nitrogens is 2. The van der Waals surface area contributed by atoms with Crippen LogP contribution in [-0.4, -0.2) is 92.0 Å². The van der Waals surface area contributed by atoms with Gasteiger partial charge in [-0.25, -0.2) is 13.2 Å². The Bertz CT molecular complexity index is 1550. The zero-order valence-corrected chi connectivity index (χ0v) is 25.9. The number of carboxylic acid groups (broad SMARTS) is 1. The Morgan fingerprint density at radius 3 is 2.45 bits per heavy atom. The first-order valence-electron chi connectivity index (χ1n) is 13.8. The normalized spacial score (nSPS) is 21.3. The fourth-order valence-electron chi connectivity index (χ4n) is 6.19. The fraction of sp³-hybridized carbons (Fsp3) is 0.571. The number of carbonyl (C=O) groups is 3. The molecule has 228 valence electrons. The molecule has 5 rings (SSSR count). The summed E-state index contributed by atoms with van der Waals surface area (Å²) in [6.45, 7) is 6.70. The van der Waals surface area contributed by atoms with Gasteiger partial charge in [0.1, 0.15) is 11.4 Å². The molecule has 1 saturated carbocycles. The number of sulfone groups is 1. The van der Waals surface area contributed by atoms with E-state index in [0.717, 1.165) is 10.5 Å². The lowest BCUT2D eigenvalue weighted by Gasteiger charge is -2.41. The average molecular weight is 622 g/mol. The van der Waals surface area contributed by atoms with Crippen molar-refractivity contribution in [3.63, 3.8) is 0 Å². The van der Waals surface area contributed by atoms with Crippen LogP contribution in [0.1, 0.15) is 72.6 Å². The number of carbonyl (C=O) groups excluding carboxylic acids is 2. The van der Waals surface area contributed by atoms with Crippen LogP contribution in [0.5, 0.6) is 0 Å². The molecular formula is C28H36ClN5O7S. The number of ether oxygens (including phenoxy) is 1. The third-order valence-corrected chi connectivity index (χ3v) is 12.5. The van der Waals surface area contributed by atoms with Crippen LogP contribution in [0.3, 0.4) is 0 Å². The molecule has 14 heteroatoms.